The number of hydrogen-bond donors (Lipinski definition) is 2. The van der Waals surface area contributed by atoms with Crippen molar-refractivity contribution in [3.05, 3.63) is 76.7 Å². The van der Waals surface area contributed by atoms with Crippen molar-refractivity contribution in [1.82, 2.24) is 4.98 Å². The molecule has 0 atom stereocenters. The van der Waals surface area contributed by atoms with Gasteiger partial charge in [0.2, 0.25) is 0 Å². The molecule has 1 aromatic heterocycles. The van der Waals surface area contributed by atoms with Gasteiger partial charge in [0.05, 0.1) is 30.0 Å². The van der Waals surface area contributed by atoms with Gasteiger partial charge < -0.3 is 14.6 Å². The predicted octanol–water partition coefficient (Wildman–Crippen LogP) is 8.34. The minimum absolute atomic E-state index is 0.145. The van der Waals surface area contributed by atoms with Crippen molar-refractivity contribution in [2.45, 2.75) is 43.0 Å². The maximum absolute atomic E-state index is 16.0. The Labute approximate surface area is 269 Å². The quantitative estimate of drug-likeness (QED) is 0.158. The van der Waals surface area contributed by atoms with Gasteiger partial charge in [-0.05, 0) is 37.6 Å². The predicted molar refractivity (Wildman–Crippen MR) is 154 cm³/mol. The molecule has 1 heterocycles. The first-order chi connectivity index (χ1) is 22.1. The van der Waals surface area contributed by atoms with E-state index in [2.05, 4.69) is 4.98 Å². The molecular formula is C29H21F9N2O6S2. The Bertz CT molecular complexity index is 1950. The summed E-state index contributed by atoms with van der Waals surface area (Å²) >= 11 is 0.649. The normalized spacial score (nSPS) is 12.7. The van der Waals surface area contributed by atoms with Crippen LogP contribution in [0, 0.1) is 11.6 Å². The fourth-order valence-corrected chi connectivity index (χ4v) is 6.51. The van der Waals surface area contributed by atoms with E-state index in [9.17, 15) is 48.3 Å². The van der Waals surface area contributed by atoms with E-state index in [1.807, 2.05) is 4.72 Å². The molecule has 2 N–H and O–H groups in total. The first-order valence-electron chi connectivity index (χ1n) is 13.1. The Morgan fingerprint density at radius 1 is 0.938 bits per heavy atom. The SMILES string of the molecule is COc1cc(C(=O)O)c(F)cc1NS(=O)(=O)c1csc(-c2ccc(-c3ccc(C(F)(C(F)(F)F)C(F)(F)F)cc3)c(OC(C)C)c2F)n1. The lowest BCUT2D eigenvalue weighted by molar-refractivity contribution is -0.348. The number of methoxy groups -OCH3 is 1. The van der Waals surface area contributed by atoms with Crippen molar-refractivity contribution >= 4 is 33.0 Å². The molecule has 4 rings (SSSR count). The molecule has 4 aromatic rings. The fraction of sp³-hybridized carbons (Fsp3) is 0.241. The number of carboxylic acid groups (broad SMARTS) is 1. The van der Waals surface area contributed by atoms with Crippen molar-refractivity contribution in [3.8, 4) is 33.2 Å². The van der Waals surface area contributed by atoms with Crippen LogP contribution in [0.3, 0.4) is 0 Å². The number of ether oxygens (including phenoxy) is 2. The number of carbonyl (C=O) groups is 1. The van der Waals surface area contributed by atoms with Crippen LogP contribution < -0.4 is 14.2 Å². The van der Waals surface area contributed by atoms with Crippen LogP contribution in [0.5, 0.6) is 11.5 Å². The molecular weight excluding hydrogens is 707 g/mol. The summed E-state index contributed by atoms with van der Waals surface area (Å²) in [4.78, 5) is 15.1. The summed E-state index contributed by atoms with van der Waals surface area (Å²) in [6, 6.07) is 5.60. The van der Waals surface area contributed by atoms with Crippen molar-refractivity contribution in [1.29, 1.82) is 0 Å². The molecule has 258 valence electrons. The lowest BCUT2D eigenvalue weighted by Gasteiger charge is -2.30. The van der Waals surface area contributed by atoms with Crippen molar-refractivity contribution in [3.63, 3.8) is 0 Å². The third-order valence-corrected chi connectivity index (χ3v) is 8.85. The summed E-state index contributed by atoms with van der Waals surface area (Å²) in [5, 5.41) is 9.21. The van der Waals surface area contributed by atoms with Crippen LogP contribution in [-0.4, -0.2) is 50.0 Å². The van der Waals surface area contributed by atoms with Gasteiger partial charge in [-0.2, -0.15) is 34.8 Å². The van der Waals surface area contributed by atoms with Gasteiger partial charge in [-0.3, -0.25) is 4.72 Å². The average molecular weight is 729 g/mol. The molecule has 3 aromatic carbocycles. The summed E-state index contributed by atoms with van der Waals surface area (Å²) in [5.74, 6) is -4.91. The van der Waals surface area contributed by atoms with Gasteiger partial charge >= 0.3 is 24.0 Å². The lowest BCUT2D eigenvalue weighted by Crippen LogP contribution is -2.50. The second kappa shape index (κ2) is 12.8. The van der Waals surface area contributed by atoms with Gasteiger partial charge in [0, 0.05) is 22.6 Å². The number of nitrogens with one attached hydrogen (secondary N) is 1. The van der Waals surface area contributed by atoms with E-state index in [0.29, 0.717) is 17.4 Å². The smallest absolute Gasteiger partial charge is 0.435 e. The number of anilines is 1. The number of benzene rings is 3. The average Bonchev–Trinajstić information content (AvgIpc) is 3.47. The number of thiazole rings is 1. The number of nitrogens with zero attached hydrogens (tertiary/aromatic N) is 1. The topological polar surface area (TPSA) is 115 Å². The first-order valence-corrected chi connectivity index (χ1v) is 15.5. The molecule has 0 unspecified atom stereocenters. The summed E-state index contributed by atoms with van der Waals surface area (Å²) in [6.45, 7) is 2.98. The molecule has 0 aliphatic carbocycles. The zero-order chi connectivity index (χ0) is 36.0. The van der Waals surface area contributed by atoms with Gasteiger partial charge in [-0.15, -0.1) is 11.3 Å². The second-order valence-corrected chi connectivity index (χ2v) is 12.6. The van der Waals surface area contributed by atoms with Crippen LogP contribution in [0.2, 0.25) is 0 Å². The van der Waals surface area contributed by atoms with Crippen LogP contribution in [0.4, 0.5) is 45.2 Å². The van der Waals surface area contributed by atoms with Crippen LogP contribution in [0.25, 0.3) is 21.7 Å². The molecule has 0 bridgehead atoms. The van der Waals surface area contributed by atoms with Gasteiger partial charge in [-0.1, -0.05) is 24.3 Å². The standard InChI is InChI=1S/C29H21F9N2O6S2/c1-13(2)46-24-16(14-4-6-15(7-5-14)27(32,28(33,34)35)29(36,37)38)8-9-17(23(24)31)25-39-22(12-47-25)48(43,44)40-20-11-19(30)18(26(41)42)10-21(20)45-3/h4-13,40H,1-3H3,(H,41,42). The molecule has 0 aliphatic heterocycles. The first kappa shape index (κ1) is 36.3. The van der Waals surface area contributed by atoms with Crippen molar-refractivity contribution < 1.29 is 67.3 Å². The van der Waals surface area contributed by atoms with Crippen LogP contribution >= 0.6 is 11.3 Å². The Morgan fingerprint density at radius 2 is 1.52 bits per heavy atom. The molecule has 0 radical (unpaired) electrons. The maximum atomic E-state index is 16.0. The highest BCUT2D eigenvalue weighted by molar-refractivity contribution is 7.92. The minimum atomic E-state index is -6.34. The third-order valence-electron chi connectivity index (χ3n) is 6.58. The molecule has 0 saturated carbocycles. The Kier molecular flexibility index (Phi) is 9.71. The van der Waals surface area contributed by atoms with E-state index in [-0.39, 0.29) is 39.6 Å². The zero-order valence-corrected chi connectivity index (χ0v) is 26.1. The third kappa shape index (κ3) is 6.73. The van der Waals surface area contributed by atoms with E-state index in [1.165, 1.54) is 19.9 Å². The molecule has 0 spiro atoms. The number of carboxylic acids is 1. The molecule has 48 heavy (non-hydrogen) atoms. The lowest BCUT2D eigenvalue weighted by atomic mass is 9.92. The van der Waals surface area contributed by atoms with Gasteiger partial charge in [0.1, 0.15) is 16.6 Å². The van der Waals surface area contributed by atoms with Gasteiger partial charge in [-0.25, -0.2) is 22.9 Å². The van der Waals surface area contributed by atoms with Crippen molar-refractivity contribution in [2.24, 2.45) is 0 Å². The van der Waals surface area contributed by atoms with E-state index in [4.69, 9.17) is 14.6 Å². The van der Waals surface area contributed by atoms with Gasteiger partial charge in [0.25, 0.3) is 10.0 Å². The number of hydrogen-bond acceptors (Lipinski definition) is 7. The number of halogens is 9. The highest BCUT2D eigenvalue weighted by Gasteiger charge is 2.73. The summed E-state index contributed by atoms with van der Waals surface area (Å²) in [6.07, 6.45) is -13.4. The van der Waals surface area contributed by atoms with Gasteiger partial charge in [0.15, 0.2) is 16.6 Å². The number of aromatic carboxylic acids is 1. The summed E-state index contributed by atoms with van der Waals surface area (Å²) in [5.41, 5.74) is -9.30. The molecule has 0 saturated heterocycles. The molecule has 8 nitrogen and oxygen atoms in total. The zero-order valence-electron chi connectivity index (χ0n) is 24.4. The highest BCUT2D eigenvalue weighted by atomic mass is 32.2. The minimum Gasteiger partial charge on any atom is -0.495 e. The van der Waals surface area contributed by atoms with E-state index >= 15 is 4.39 Å². The summed E-state index contributed by atoms with van der Waals surface area (Å²) < 4.78 is 163. The highest BCUT2D eigenvalue weighted by Crippen LogP contribution is 2.53. The largest absolute Gasteiger partial charge is 0.495 e. The Balaban J connectivity index is 1.73. The van der Waals surface area contributed by atoms with E-state index < -0.39 is 79.3 Å². The monoisotopic (exact) mass is 728 g/mol. The molecule has 0 amide bonds. The van der Waals surface area contributed by atoms with Crippen LogP contribution in [-0.2, 0) is 15.7 Å². The fourth-order valence-electron chi connectivity index (χ4n) is 4.34. The molecule has 0 aliphatic rings. The van der Waals surface area contributed by atoms with Crippen molar-refractivity contribution in [2.75, 3.05) is 11.8 Å². The van der Waals surface area contributed by atoms with E-state index in [0.717, 1.165) is 36.8 Å². The maximum Gasteiger partial charge on any atom is 0.435 e. The second-order valence-electron chi connectivity index (χ2n) is 10.1. The van der Waals surface area contributed by atoms with Crippen LogP contribution in [0.1, 0.15) is 29.8 Å². The number of sulfonamides is 1. The molecule has 0 fully saturated rings. The molecule has 19 heteroatoms. The van der Waals surface area contributed by atoms with E-state index in [1.54, 1.807) is 0 Å². The number of aromatic nitrogens is 1. The summed E-state index contributed by atoms with van der Waals surface area (Å²) in [7, 11) is -3.52. The number of rotatable bonds is 10. The number of alkyl halides is 7. The van der Waals surface area contributed by atoms with Crippen LogP contribution in [0.15, 0.2) is 58.9 Å². The Hall–Kier alpha value is -4.52. The Morgan fingerprint density at radius 3 is 2.04 bits per heavy atom.